The van der Waals surface area contributed by atoms with Gasteiger partial charge in [0.2, 0.25) is 6.79 Å². The van der Waals surface area contributed by atoms with Crippen LogP contribution in [-0.4, -0.2) is 16.8 Å². The van der Waals surface area contributed by atoms with Crippen molar-refractivity contribution in [2.45, 2.75) is 20.4 Å². The quantitative estimate of drug-likeness (QED) is 0.890. The molecule has 0 amide bonds. The fraction of sp³-hybridized carbons (Fsp3) is 0.286. The first-order valence-corrected chi connectivity index (χ1v) is 6.12. The number of nitrogens with zero attached hydrogens (tertiary/aromatic N) is 2. The fourth-order valence-electron chi connectivity index (χ4n) is 2.19. The van der Waals surface area contributed by atoms with E-state index in [2.05, 4.69) is 9.97 Å². The van der Waals surface area contributed by atoms with Gasteiger partial charge in [0.15, 0.2) is 11.5 Å². The van der Waals surface area contributed by atoms with Gasteiger partial charge in [-0.2, -0.15) is 0 Å². The van der Waals surface area contributed by atoms with Gasteiger partial charge in [-0.1, -0.05) is 0 Å². The number of rotatable bonds is 2. The standard InChI is InChI=1S/C14H15N3O2/c1-8-3-13-14(19-7-18-13)5-11(8)12-4-10(6-15)16-9(2)17-12/h3-5H,6-7,15H2,1-2H3. The fourth-order valence-corrected chi connectivity index (χ4v) is 2.19. The van der Waals surface area contributed by atoms with Crippen LogP contribution in [0, 0.1) is 13.8 Å². The second kappa shape index (κ2) is 4.51. The zero-order valence-electron chi connectivity index (χ0n) is 10.9. The summed E-state index contributed by atoms with van der Waals surface area (Å²) in [5.41, 5.74) is 9.46. The lowest BCUT2D eigenvalue weighted by molar-refractivity contribution is 0.174. The molecule has 1 aliphatic heterocycles. The lowest BCUT2D eigenvalue weighted by Gasteiger charge is -2.09. The second-order valence-corrected chi connectivity index (χ2v) is 4.52. The first kappa shape index (κ1) is 11.9. The van der Waals surface area contributed by atoms with Gasteiger partial charge in [-0.3, -0.25) is 0 Å². The summed E-state index contributed by atoms with van der Waals surface area (Å²) in [5, 5.41) is 0. The van der Waals surface area contributed by atoms with Gasteiger partial charge in [0.25, 0.3) is 0 Å². The molecule has 2 N–H and O–H groups in total. The number of aryl methyl sites for hydroxylation is 2. The number of benzene rings is 1. The molecule has 0 saturated carbocycles. The molecular formula is C14H15N3O2. The molecule has 0 aliphatic carbocycles. The lowest BCUT2D eigenvalue weighted by Crippen LogP contribution is -2.03. The van der Waals surface area contributed by atoms with Crippen molar-refractivity contribution in [1.29, 1.82) is 0 Å². The minimum absolute atomic E-state index is 0.273. The van der Waals surface area contributed by atoms with Gasteiger partial charge in [0.05, 0.1) is 11.4 Å². The monoisotopic (exact) mass is 257 g/mol. The van der Waals surface area contributed by atoms with Gasteiger partial charge >= 0.3 is 0 Å². The van der Waals surface area contributed by atoms with Crippen LogP contribution in [0.15, 0.2) is 18.2 Å². The van der Waals surface area contributed by atoms with Gasteiger partial charge in [-0.25, -0.2) is 9.97 Å². The molecule has 0 atom stereocenters. The van der Waals surface area contributed by atoms with Crippen LogP contribution in [0.25, 0.3) is 11.3 Å². The van der Waals surface area contributed by atoms with Crippen LogP contribution in [0.1, 0.15) is 17.1 Å². The number of nitrogens with two attached hydrogens (primary N) is 1. The van der Waals surface area contributed by atoms with E-state index in [-0.39, 0.29) is 6.79 Å². The maximum absolute atomic E-state index is 5.66. The van der Waals surface area contributed by atoms with E-state index in [0.717, 1.165) is 39.8 Å². The summed E-state index contributed by atoms with van der Waals surface area (Å²) < 4.78 is 10.8. The van der Waals surface area contributed by atoms with E-state index >= 15 is 0 Å². The van der Waals surface area contributed by atoms with Crippen LogP contribution < -0.4 is 15.2 Å². The Hall–Kier alpha value is -2.14. The Morgan fingerprint density at radius 2 is 1.84 bits per heavy atom. The molecule has 0 radical (unpaired) electrons. The van der Waals surface area contributed by atoms with Crippen molar-refractivity contribution in [2.75, 3.05) is 6.79 Å². The summed E-state index contributed by atoms with van der Waals surface area (Å²) in [5.74, 6) is 2.26. The molecule has 2 aromatic rings. The van der Waals surface area contributed by atoms with E-state index in [1.165, 1.54) is 0 Å². The van der Waals surface area contributed by atoms with Gasteiger partial charge in [-0.15, -0.1) is 0 Å². The molecule has 5 nitrogen and oxygen atoms in total. The minimum Gasteiger partial charge on any atom is -0.454 e. The Balaban J connectivity index is 2.14. The first-order chi connectivity index (χ1) is 9.17. The van der Waals surface area contributed by atoms with Crippen LogP contribution >= 0.6 is 0 Å². The molecule has 98 valence electrons. The Labute approximate surface area is 111 Å². The van der Waals surface area contributed by atoms with Crippen LogP contribution in [0.3, 0.4) is 0 Å². The molecule has 1 aromatic carbocycles. The Bertz CT molecular complexity index is 641. The van der Waals surface area contributed by atoms with Crippen LogP contribution in [-0.2, 0) is 6.54 Å². The summed E-state index contributed by atoms with van der Waals surface area (Å²) in [4.78, 5) is 8.76. The summed E-state index contributed by atoms with van der Waals surface area (Å²) >= 11 is 0. The highest BCUT2D eigenvalue weighted by molar-refractivity contribution is 5.68. The Morgan fingerprint density at radius 1 is 1.11 bits per heavy atom. The largest absolute Gasteiger partial charge is 0.454 e. The highest BCUT2D eigenvalue weighted by Gasteiger charge is 2.17. The molecule has 1 aliphatic rings. The lowest BCUT2D eigenvalue weighted by atomic mass is 10.0. The van der Waals surface area contributed by atoms with Crippen molar-refractivity contribution in [3.63, 3.8) is 0 Å². The topological polar surface area (TPSA) is 70.3 Å². The summed E-state index contributed by atoms with van der Waals surface area (Å²) in [6.45, 7) is 4.57. The van der Waals surface area contributed by atoms with Crippen molar-refractivity contribution in [3.05, 3.63) is 35.3 Å². The summed E-state index contributed by atoms with van der Waals surface area (Å²) in [6.07, 6.45) is 0. The average molecular weight is 257 g/mol. The van der Waals surface area contributed by atoms with E-state index in [0.29, 0.717) is 6.54 Å². The third-order valence-corrected chi connectivity index (χ3v) is 3.10. The number of hydrogen-bond acceptors (Lipinski definition) is 5. The molecule has 5 heteroatoms. The molecule has 0 fully saturated rings. The number of aromatic nitrogens is 2. The molecule has 3 rings (SSSR count). The van der Waals surface area contributed by atoms with E-state index < -0.39 is 0 Å². The Morgan fingerprint density at radius 3 is 2.58 bits per heavy atom. The maximum Gasteiger partial charge on any atom is 0.231 e. The van der Waals surface area contributed by atoms with Gasteiger partial charge < -0.3 is 15.2 Å². The normalized spacial score (nSPS) is 12.8. The third-order valence-electron chi connectivity index (χ3n) is 3.10. The minimum atomic E-state index is 0.273. The van der Waals surface area contributed by atoms with Crippen molar-refractivity contribution < 1.29 is 9.47 Å². The van der Waals surface area contributed by atoms with Crippen molar-refractivity contribution in [1.82, 2.24) is 9.97 Å². The zero-order valence-corrected chi connectivity index (χ0v) is 10.9. The second-order valence-electron chi connectivity index (χ2n) is 4.52. The number of hydrogen-bond donors (Lipinski definition) is 1. The van der Waals surface area contributed by atoms with Crippen LogP contribution in [0.5, 0.6) is 11.5 Å². The Kier molecular flexibility index (Phi) is 2.83. The van der Waals surface area contributed by atoms with E-state index in [9.17, 15) is 0 Å². The molecule has 0 saturated heterocycles. The molecule has 0 unspecified atom stereocenters. The predicted octanol–water partition coefficient (Wildman–Crippen LogP) is 1.95. The average Bonchev–Trinajstić information content (AvgIpc) is 2.84. The van der Waals surface area contributed by atoms with Crippen molar-refractivity contribution in [3.8, 4) is 22.8 Å². The summed E-state index contributed by atoms with van der Waals surface area (Å²) in [7, 11) is 0. The first-order valence-electron chi connectivity index (χ1n) is 6.12. The van der Waals surface area contributed by atoms with Gasteiger partial charge in [-0.05, 0) is 37.6 Å². The number of fused-ring (bicyclic) bond motifs is 1. The molecule has 0 spiro atoms. The molecular weight excluding hydrogens is 242 g/mol. The van der Waals surface area contributed by atoms with Gasteiger partial charge in [0, 0.05) is 12.1 Å². The van der Waals surface area contributed by atoms with E-state index in [1.54, 1.807) is 0 Å². The van der Waals surface area contributed by atoms with Crippen LogP contribution in [0.4, 0.5) is 0 Å². The number of ether oxygens (including phenoxy) is 2. The maximum atomic E-state index is 5.66. The molecule has 19 heavy (non-hydrogen) atoms. The highest BCUT2D eigenvalue weighted by atomic mass is 16.7. The third kappa shape index (κ3) is 2.13. The van der Waals surface area contributed by atoms with E-state index in [1.807, 2.05) is 32.0 Å². The smallest absolute Gasteiger partial charge is 0.231 e. The van der Waals surface area contributed by atoms with Crippen LogP contribution in [0.2, 0.25) is 0 Å². The van der Waals surface area contributed by atoms with Crippen molar-refractivity contribution in [2.24, 2.45) is 5.73 Å². The SMILES string of the molecule is Cc1nc(CN)cc(-c2cc3c(cc2C)OCO3)n1. The molecule has 1 aromatic heterocycles. The van der Waals surface area contributed by atoms with E-state index in [4.69, 9.17) is 15.2 Å². The molecule has 2 heterocycles. The van der Waals surface area contributed by atoms with Crippen molar-refractivity contribution >= 4 is 0 Å². The molecule has 0 bridgehead atoms. The summed E-state index contributed by atoms with van der Waals surface area (Å²) in [6, 6.07) is 5.84. The highest BCUT2D eigenvalue weighted by Crippen LogP contribution is 2.37. The predicted molar refractivity (Wildman–Crippen MR) is 71.0 cm³/mol. The zero-order chi connectivity index (χ0) is 13.4. The van der Waals surface area contributed by atoms with Gasteiger partial charge in [0.1, 0.15) is 5.82 Å².